The van der Waals surface area contributed by atoms with E-state index in [1.165, 1.54) is 38.5 Å². The molecule has 1 heterocycles. The van der Waals surface area contributed by atoms with Gasteiger partial charge in [-0.25, -0.2) is 9.97 Å². The molecular weight excluding hydrogens is 234 g/mol. The molecule has 1 aliphatic carbocycles. The zero-order chi connectivity index (χ0) is 13.5. The van der Waals surface area contributed by atoms with Crippen molar-refractivity contribution in [1.82, 2.24) is 15.3 Å². The lowest BCUT2D eigenvalue weighted by Gasteiger charge is -2.26. The fourth-order valence-electron chi connectivity index (χ4n) is 2.94. The minimum Gasteiger partial charge on any atom is -0.307 e. The maximum Gasteiger partial charge on any atom is 0.145 e. The van der Waals surface area contributed by atoms with Gasteiger partial charge in [0.15, 0.2) is 0 Å². The van der Waals surface area contributed by atoms with Crippen LogP contribution in [0.2, 0.25) is 0 Å². The Kier molecular flexibility index (Phi) is 5.77. The molecule has 0 aliphatic heterocycles. The Morgan fingerprint density at radius 2 is 1.89 bits per heavy atom. The van der Waals surface area contributed by atoms with Crippen LogP contribution in [0.25, 0.3) is 0 Å². The normalized spacial score (nSPS) is 18.4. The van der Waals surface area contributed by atoms with Crippen molar-refractivity contribution in [2.24, 2.45) is 5.92 Å². The number of nitrogens with zero attached hydrogens (tertiary/aromatic N) is 2. The Hall–Kier alpha value is -0.960. The highest BCUT2D eigenvalue weighted by molar-refractivity contribution is 5.05. The van der Waals surface area contributed by atoms with E-state index in [9.17, 15) is 0 Å². The van der Waals surface area contributed by atoms with Gasteiger partial charge in [-0.2, -0.15) is 0 Å². The zero-order valence-electron chi connectivity index (χ0n) is 12.4. The summed E-state index contributed by atoms with van der Waals surface area (Å²) in [6, 6.07) is 0.337. The first-order valence-electron chi connectivity index (χ1n) is 7.81. The van der Waals surface area contributed by atoms with Crippen molar-refractivity contribution in [1.29, 1.82) is 0 Å². The van der Waals surface area contributed by atoms with Gasteiger partial charge in [-0.1, -0.05) is 39.0 Å². The molecule has 1 unspecified atom stereocenters. The number of rotatable bonds is 6. The summed E-state index contributed by atoms with van der Waals surface area (Å²) in [7, 11) is 0. The first kappa shape index (κ1) is 14.4. The van der Waals surface area contributed by atoms with Crippen molar-refractivity contribution in [3.63, 3.8) is 0 Å². The second-order valence-corrected chi connectivity index (χ2v) is 5.87. The highest BCUT2D eigenvalue weighted by Gasteiger charge is 2.21. The van der Waals surface area contributed by atoms with Crippen LogP contribution in [0.5, 0.6) is 0 Å². The second kappa shape index (κ2) is 7.59. The van der Waals surface area contributed by atoms with Gasteiger partial charge in [0.25, 0.3) is 0 Å². The van der Waals surface area contributed by atoms with Crippen LogP contribution in [0.3, 0.4) is 0 Å². The Morgan fingerprint density at radius 1 is 1.21 bits per heavy atom. The summed E-state index contributed by atoms with van der Waals surface area (Å²) in [5, 5.41) is 3.63. The molecule has 0 radical (unpaired) electrons. The van der Waals surface area contributed by atoms with Crippen LogP contribution >= 0.6 is 0 Å². The molecule has 19 heavy (non-hydrogen) atoms. The summed E-state index contributed by atoms with van der Waals surface area (Å²) in [6.45, 7) is 5.30. The number of aromatic nitrogens is 2. The third kappa shape index (κ3) is 4.57. The summed E-state index contributed by atoms with van der Waals surface area (Å²) in [5.74, 6) is 1.83. The molecule has 0 bridgehead atoms. The van der Waals surface area contributed by atoms with Gasteiger partial charge in [0.1, 0.15) is 5.82 Å². The topological polar surface area (TPSA) is 37.8 Å². The molecule has 1 aromatic rings. The van der Waals surface area contributed by atoms with E-state index >= 15 is 0 Å². The molecule has 106 valence electrons. The number of nitrogens with one attached hydrogen (secondary N) is 1. The summed E-state index contributed by atoms with van der Waals surface area (Å²) < 4.78 is 0. The smallest absolute Gasteiger partial charge is 0.145 e. The Morgan fingerprint density at radius 3 is 2.53 bits per heavy atom. The van der Waals surface area contributed by atoms with Gasteiger partial charge in [-0.15, -0.1) is 0 Å². The molecule has 0 aromatic carbocycles. The molecule has 0 amide bonds. The van der Waals surface area contributed by atoms with E-state index in [1.54, 1.807) is 0 Å². The van der Waals surface area contributed by atoms with Crippen molar-refractivity contribution in [3.05, 3.63) is 23.8 Å². The number of hydrogen-bond acceptors (Lipinski definition) is 3. The molecule has 2 rings (SSSR count). The average Bonchev–Trinajstić information content (AvgIpc) is 2.45. The van der Waals surface area contributed by atoms with Gasteiger partial charge >= 0.3 is 0 Å². The molecule has 0 saturated heterocycles. The largest absolute Gasteiger partial charge is 0.307 e. The standard InChI is InChI=1S/C16H27N3/c1-3-9-17-15(10-14-7-5-4-6-8-14)16-18-11-13(2)12-19-16/h11-12,14-15,17H,3-10H2,1-2H3. The Labute approximate surface area is 117 Å². The van der Waals surface area contributed by atoms with Crippen molar-refractivity contribution < 1.29 is 0 Å². The lowest BCUT2D eigenvalue weighted by atomic mass is 9.84. The van der Waals surface area contributed by atoms with E-state index in [4.69, 9.17) is 0 Å². The molecule has 1 aliphatic rings. The van der Waals surface area contributed by atoms with Crippen molar-refractivity contribution in [2.75, 3.05) is 6.54 Å². The van der Waals surface area contributed by atoms with Crippen LogP contribution in [-0.2, 0) is 0 Å². The van der Waals surface area contributed by atoms with Crippen LogP contribution < -0.4 is 5.32 Å². The Balaban J connectivity index is 1.99. The van der Waals surface area contributed by atoms with E-state index in [0.29, 0.717) is 6.04 Å². The van der Waals surface area contributed by atoms with Crippen LogP contribution in [-0.4, -0.2) is 16.5 Å². The highest BCUT2D eigenvalue weighted by atomic mass is 15.0. The quantitative estimate of drug-likeness (QED) is 0.846. The summed E-state index contributed by atoms with van der Waals surface area (Å²) in [6.07, 6.45) is 13.2. The van der Waals surface area contributed by atoms with Crippen molar-refractivity contribution in [2.45, 2.75) is 64.8 Å². The third-order valence-corrected chi connectivity index (χ3v) is 4.05. The minimum atomic E-state index is 0.337. The molecule has 1 aromatic heterocycles. The maximum absolute atomic E-state index is 4.52. The van der Waals surface area contributed by atoms with Crippen LogP contribution in [0.15, 0.2) is 12.4 Å². The maximum atomic E-state index is 4.52. The highest BCUT2D eigenvalue weighted by Crippen LogP contribution is 2.30. The molecule has 1 saturated carbocycles. The van der Waals surface area contributed by atoms with Gasteiger partial charge in [0.05, 0.1) is 6.04 Å². The third-order valence-electron chi connectivity index (χ3n) is 4.05. The monoisotopic (exact) mass is 261 g/mol. The summed E-state index contributed by atoms with van der Waals surface area (Å²) in [5.41, 5.74) is 1.13. The first-order chi connectivity index (χ1) is 9.29. The lowest BCUT2D eigenvalue weighted by molar-refractivity contribution is 0.295. The molecule has 0 spiro atoms. The van der Waals surface area contributed by atoms with Crippen LogP contribution in [0.1, 0.15) is 69.3 Å². The summed E-state index contributed by atoms with van der Waals surface area (Å²) in [4.78, 5) is 9.05. The fourth-order valence-corrected chi connectivity index (χ4v) is 2.94. The van der Waals surface area contributed by atoms with Gasteiger partial charge in [0.2, 0.25) is 0 Å². The second-order valence-electron chi connectivity index (χ2n) is 5.87. The lowest BCUT2D eigenvalue weighted by Crippen LogP contribution is -2.27. The van der Waals surface area contributed by atoms with Crippen molar-refractivity contribution >= 4 is 0 Å². The minimum absolute atomic E-state index is 0.337. The van der Waals surface area contributed by atoms with E-state index in [1.807, 2.05) is 19.3 Å². The molecule has 1 atom stereocenters. The molecule has 1 N–H and O–H groups in total. The molecule has 3 nitrogen and oxygen atoms in total. The fraction of sp³-hybridized carbons (Fsp3) is 0.750. The Bertz CT molecular complexity index is 355. The van der Waals surface area contributed by atoms with Gasteiger partial charge in [0, 0.05) is 12.4 Å². The van der Waals surface area contributed by atoms with Gasteiger partial charge < -0.3 is 5.32 Å². The van der Waals surface area contributed by atoms with E-state index in [0.717, 1.165) is 30.3 Å². The number of hydrogen-bond donors (Lipinski definition) is 1. The van der Waals surface area contributed by atoms with E-state index in [2.05, 4.69) is 22.2 Å². The molecule has 3 heteroatoms. The number of aryl methyl sites for hydroxylation is 1. The SMILES string of the molecule is CCCNC(CC1CCCCC1)c1ncc(C)cn1. The summed E-state index contributed by atoms with van der Waals surface area (Å²) >= 11 is 0. The molecular formula is C16H27N3. The van der Waals surface area contributed by atoms with E-state index < -0.39 is 0 Å². The first-order valence-corrected chi connectivity index (χ1v) is 7.81. The predicted molar refractivity (Wildman–Crippen MR) is 79.0 cm³/mol. The van der Waals surface area contributed by atoms with Crippen molar-refractivity contribution in [3.8, 4) is 0 Å². The zero-order valence-corrected chi connectivity index (χ0v) is 12.4. The van der Waals surface area contributed by atoms with E-state index in [-0.39, 0.29) is 0 Å². The average molecular weight is 261 g/mol. The molecule has 1 fully saturated rings. The van der Waals surface area contributed by atoms with Crippen LogP contribution in [0.4, 0.5) is 0 Å². The predicted octanol–water partition coefficient (Wildman–Crippen LogP) is 3.80. The van der Waals surface area contributed by atoms with Gasteiger partial charge in [-0.05, 0) is 37.8 Å². The van der Waals surface area contributed by atoms with Gasteiger partial charge in [-0.3, -0.25) is 0 Å². The van der Waals surface area contributed by atoms with Crippen LogP contribution in [0, 0.1) is 12.8 Å².